The fourth-order valence-corrected chi connectivity index (χ4v) is 1.76. The molecular formula is C14H15N3O4. The highest BCUT2D eigenvalue weighted by molar-refractivity contribution is 6.04. The number of nitrogens with zero attached hydrogens (tertiary/aromatic N) is 1. The number of pyridine rings is 2. The average molecular weight is 289 g/mol. The first-order valence-electron chi connectivity index (χ1n) is 6.29. The van der Waals surface area contributed by atoms with Gasteiger partial charge in [0.2, 0.25) is 5.56 Å². The molecule has 2 aromatic rings. The van der Waals surface area contributed by atoms with Crippen molar-refractivity contribution < 1.29 is 9.53 Å². The van der Waals surface area contributed by atoms with Crippen molar-refractivity contribution in [3.63, 3.8) is 0 Å². The van der Waals surface area contributed by atoms with Crippen LogP contribution in [0.15, 0.2) is 46.2 Å². The fourth-order valence-electron chi connectivity index (χ4n) is 1.76. The topological polar surface area (TPSA) is 93.2 Å². The quantitative estimate of drug-likeness (QED) is 0.835. The van der Waals surface area contributed by atoms with Crippen LogP contribution in [0.1, 0.15) is 10.4 Å². The number of aromatic amines is 1. The maximum Gasteiger partial charge on any atom is 0.255 e. The van der Waals surface area contributed by atoms with Crippen LogP contribution in [0.3, 0.4) is 0 Å². The Morgan fingerprint density at radius 2 is 2.14 bits per heavy atom. The molecule has 0 aliphatic carbocycles. The highest BCUT2D eigenvalue weighted by Crippen LogP contribution is 2.06. The van der Waals surface area contributed by atoms with Crippen molar-refractivity contribution >= 4 is 11.6 Å². The molecule has 0 saturated heterocycles. The lowest BCUT2D eigenvalue weighted by Crippen LogP contribution is -2.22. The number of carbonyl (C=O) groups is 1. The van der Waals surface area contributed by atoms with Gasteiger partial charge in [0, 0.05) is 43.7 Å². The number of anilines is 1. The molecule has 0 atom stereocenters. The largest absolute Gasteiger partial charge is 0.383 e. The summed E-state index contributed by atoms with van der Waals surface area (Å²) in [6, 6.07) is 5.58. The molecule has 2 heterocycles. The van der Waals surface area contributed by atoms with Crippen LogP contribution in [0.4, 0.5) is 5.69 Å². The van der Waals surface area contributed by atoms with Crippen molar-refractivity contribution in [2.24, 2.45) is 0 Å². The molecule has 0 spiro atoms. The first-order valence-corrected chi connectivity index (χ1v) is 6.29. The van der Waals surface area contributed by atoms with Gasteiger partial charge in [-0.3, -0.25) is 14.4 Å². The third-order valence-corrected chi connectivity index (χ3v) is 2.81. The first-order chi connectivity index (χ1) is 10.1. The van der Waals surface area contributed by atoms with E-state index in [1.807, 2.05) is 0 Å². The van der Waals surface area contributed by atoms with Gasteiger partial charge in [0.1, 0.15) is 0 Å². The van der Waals surface area contributed by atoms with Crippen LogP contribution >= 0.6 is 0 Å². The SMILES string of the molecule is COCCn1cc(NC(=O)c2cc[nH]c(=O)c2)ccc1=O. The Morgan fingerprint density at radius 1 is 1.33 bits per heavy atom. The molecule has 2 N–H and O–H groups in total. The number of hydrogen-bond acceptors (Lipinski definition) is 4. The van der Waals surface area contributed by atoms with E-state index in [-0.39, 0.29) is 16.7 Å². The number of ether oxygens (including phenoxy) is 1. The van der Waals surface area contributed by atoms with Crippen molar-refractivity contribution in [3.8, 4) is 0 Å². The number of hydrogen-bond donors (Lipinski definition) is 2. The molecule has 2 rings (SSSR count). The Bertz CT molecular complexity index is 748. The molecule has 0 bridgehead atoms. The molecule has 0 radical (unpaired) electrons. The smallest absolute Gasteiger partial charge is 0.255 e. The van der Waals surface area contributed by atoms with Gasteiger partial charge in [-0.1, -0.05) is 0 Å². The molecular weight excluding hydrogens is 274 g/mol. The van der Waals surface area contributed by atoms with Crippen molar-refractivity contribution in [2.75, 3.05) is 19.0 Å². The van der Waals surface area contributed by atoms with E-state index in [4.69, 9.17) is 4.74 Å². The molecule has 0 aliphatic rings. The molecule has 0 fully saturated rings. The monoisotopic (exact) mass is 289 g/mol. The summed E-state index contributed by atoms with van der Waals surface area (Å²) in [6.45, 7) is 0.787. The van der Waals surface area contributed by atoms with Crippen LogP contribution in [0.25, 0.3) is 0 Å². The maximum atomic E-state index is 12.0. The Labute approximate surface area is 120 Å². The van der Waals surface area contributed by atoms with Gasteiger partial charge in [0.05, 0.1) is 12.3 Å². The molecule has 7 nitrogen and oxygen atoms in total. The van der Waals surface area contributed by atoms with Gasteiger partial charge >= 0.3 is 0 Å². The van der Waals surface area contributed by atoms with Gasteiger partial charge in [-0.2, -0.15) is 0 Å². The first kappa shape index (κ1) is 14.7. The summed E-state index contributed by atoms with van der Waals surface area (Å²) in [5.74, 6) is -0.418. The Morgan fingerprint density at radius 3 is 2.86 bits per heavy atom. The number of methoxy groups -OCH3 is 1. The van der Waals surface area contributed by atoms with E-state index in [9.17, 15) is 14.4 Å². The molecule has 0 aromatic carbocycles. The van der Waals surface area contributed by atoms with E-state index in [1.54, 1.807) is 7.11 Å². The van der Waals surface area contributed by atoms with Crippen LogP contribution in [0.5, 0.6) is 0 Å². The summed E-state index contributed by atoms with van der Waals surface area (Å²) in [4.78, 5) is 37.2. The second-order valence-electron chi connectivity index (χ2n) is 4.34. The zero-order valence-electron chi connectivity index (χ0n) is 11.5. The van der Waals surface area contributed by atoms with Gasteiger partial charge in [-0.05, 0) is 12.1 Å². The summed E-state index contributed by atoms with van der Waals surface area (Å²) in [5.41, 5.74) is 0.179. The van der Waals surface area contributed by atoms with Crippen molar-refractivity contribution in [1.82, 2.24) is 9.55 Å². The molecule has 1 amide bonds. The lowest BCUT2D eigenvalue weighted by molar-refractivity contribution is 0.102. The zero-order valence-corrected chi connectivity index (χ0v) is 11.5. The standard InChI is InChI=1S/C14H15N3O4/c1-21-7-6-17-9-11(2-3-13(17)19)16-14(20)10-4-5-15-12(18)8-10/h2-5,8-9H,6-7H2,1H3,(H,15,18)(H,16,20). The van der Waals surface area contributed by atoms with Crippen LogP contribution in [0.2, 0.25) is 0 Å². The zero-order chi connectivity index (χ0) is 15.2. The molecule has 0 saturated carbocycles. The van der Waals surface area contributed by atoms with Crippen LogP contribution in [-0.4, -0.2) is 29.2 Å². The number of H-pyrrole nitrogens is 1. The second-order valence-corrected chi connectivity index (χ2v) is 4.34. The van der Waals surface area contributed by atoms with Gasteiger partial charge in [0.25, 0.3) is 11.5 Å². The maximum absolute atomic E-state index is 12.0. The molecule has 21 heavy (non-hydrogen) atoms. The number of carbonyl (C=O) groups excluding carboxylic acids is 1. The van der Waals surface area contributed by atoms with Crippen molar-refractivity contribution in [3.05, 3.63) is 62.9 Å². The molecule has 0 aliphatic heterocycles. The number of rotatable bonds is 5. The van der Waals surface area contributed by atoms with Gasteiger partial charge in [0.15, 0.2) is 0 Å². The summed E-state index contributed by atoms with van der Waals surface area (Å²) in [5, 5.41) is 2.64. The van der Waals surface area contributed by atoms with E-state index in [1.165, 1.54) is 41.2 Å². The molecule has 2 aromatic heterocycles. The van der Waals surface area contributed by atoms with Crippen LogP contribution in [0, 0.1) is 0 Å². The van der Waals surface area contributed by atoms with E-state index >= 15 is 0 Å². The summed E-state index contributed by atoms with van der Waals surface area (Å²) >= 11 is 0. The fraction of sp³-hybridized carbons (Fsp3) is 0.214. The van der Waals surface area contributed by atoms with Gasteiger partial charge < -0.3 is 19.6 Å². The minimum absolute atomic E-state index is 0.179. The predicted octanol–water partition coefficient (Wildman–Crippen LogP) is 0.435. The van der Waals surface area contributed by atoms with E-state index in [2.05, 4.69) is 10.3 Å². The summed E-state index contributed by atoms with van der Waals surface area (Å²) in [6.07, 6.45) is 2.93. The highest BCUT2D eigenvalue weighted by Gasteiger charge is 2.07. The van der Waals surface area contributed by atoms with E-state index in [0.29, 0.717) is 18.8 Å². The normalized spacial score (nSPS) is 10.3. The second kappa shape index (κ2) is 6.67. The molecule has 0 unspecified atom stereocenters. The summed E-state index contributed by atoms with van der Waals surface area (Å²) < 4.78 is 6.36. The van der Waals surface area contributed by atoms with Crippen LogP contribution in [-0.2, 0) is 11.3 Å². The average Bonchev–Trinajstić information content (AvgIpc) is 2.47. The number of nitrogens with one attached hydrogen (secondary N) is 2. The minimum atomic E-state index is -0.418. The van der Waals surface area contributed by atoms with E-state index < -0.39 is 5.91 Å². The predicted molar refractivity (Wildman–Crippen MR) is 77.6 cm³/mol. The third-order valence-electron chi connectivity index (χ3n) is 2.81. The van der Waals surface area contributed by atoms with E-state index in [0.717, 1.165) is 0 Å². The lowest BCUT2D eigenvalue weighted by Gasteiger charge is -2.09. The van der Waals surface area contributed by atoms with Crippen molar-refractivity contribution in [1.29, 1.82) is 0 Å². The van der Waals surface area contributed by atoms with Gasteiger partial charge in [-0.15, -0.1) is 0 Å². The number of amides is 1. The third kappa shape index (κ3) is 3.90. The number of aromatic nitrogens is 2. The van der Waals surface area contributed by atoms with Crippen LogP contribution < -0.4 is 16.4 Å². The Balaban J connectivity index is 2.17. The Kier molecular flexibility index (Phi) is 4.68. The Hall–Kier alpha value is -2.67. The minimum Gasteiger partial charge on any atom is -0.383 e. The molecule has 7 heteroatoms. The van der Waals surface area contributed by atoms with Crippen molar-refractivity contribution in [2.45, 2.75) is 6.54 Å². The summed E-state index contributed by atoms with van der Waals surface area (Å²) in [7, 11) is 1.55. The molecule has 110 valence electrons. The lowest BCUT2D eigenvalue weighted by atomic mass is 10.2. The highest BCUT2D eigenvalue weighted by atomic mass is 16.5. The van der Waals surface area contributed by atoms with Gasteiger partial charge in [-0.25, -0.2) is 0 Å².